The molecule has 66 valence electrons. The monoisotopic (exact) mass is 296 g/mol. The number of thiol groups is 1. The lowest BCUT2D eigenvalue weighted by atomic mass is 10.2. The van der Waals surface area contributed by atoms with Crippen LogP contribution >= 0.6 is 22.6 Å². The molecule has 1 aromatic rings. The summed E-state index contributed by atoms with van der Waals surface area (Å²) in [7, 11) is -2.44. The molecule has 0 bridgehead atoms. The van der Waals surface area contributed by atoms with Crippen LogP contribution in [0.15, 0.2) is 17.0 Å². The third-order valence-electron chi connectivity index (χ3n) is 1.63. The Balaban J connectivity index is 3.40. The van der Waals surface area contributed by atoms with Gasteiger partial charge >= 0.3 is 0 Å². The van der Waals surface area contributed by atoms with Crippen LogP contribution < -0.4 is 0 Å². The Morgan fingerprint density at radius 3 is 1.92 bits per heavy atom. The van der Waals surface area contributed by atoms with E-state index in [-0.39, 0.29) is 0 Å². The summed E-state index contributed by atoms with van der Waals surface area (Å²) in [5.74, 6) is 0. The number of hydrogen-bond donors (Lipinski definition) is 1. The molecule has 0 aromatic heterocycles. The smallest absolute Gasteiger partial charge is 0.168 e. The lowest BCUT2D eigenvalue weighted by Gasteiger charge is -2.02. The molecule has 1 rings (SSSR count). The van der Waals surface area contributed by atoms with Crippen LogP contribution in [0, 0.1) is 17.4 Å². The Labute approximate surface area is 87.1 Å². The molecule has 0 saturated carbocycles. The second-order valence-corrected chi connectivity index (χ2v) is 4.76. The van der Waals surface area contributed by atoms with Crippen LogP contribution in [0.25, 0.3) is 0 Å². The molecule has 4 heteroatoms. The Morgan fingerprint density at radius 1 is 1.17 bits per heavy atom. The van der Waals surface area contributed by atoms with E-state index in [4.69, 9.17) is 0 Å². The summed E-state index contributed by atoms with van der Waals surface area (Å²) in [6.07, 6.45) is 0. The summed E-state index contributed by atoms with van der Waals surface area (Å²) in [6.45, 7) is 3.83. The standard InChI is InChI=1S/C8H9IO2S/c1-5-3-7(12(10)11)4-6(2)8(5)9/h3-4,12H,1-2H3. The molecule has 0 aliphatic carbocycles. The maximum atomic E-state index is 10.7. The van der Waals surface area contributed by atoms with E-state index in [1.165, 1.54) is 0 Å². The minimum Gasteiger partial charge on any atom is -0.227 e. The zero-order valence-electron chi connectivity index (χ0n) is 6.80. The molecule has 0 spiro atoms. The quantitative estimate of drug-likeness (QED) is 0.634. The summed E-state index contributed by atoms with van der Waals surface area (Å²) in [5, 5.41) is 0. The van der Waals surface area contributed by atoms with Crippen molar-refractivity contribution in [1.29, 1.82) is 0 Å². The van der Waals surface area contributed by atoms with Crippen molar-refractivity contribution in [3.05, 3.63) is 26.8 Å². The fraction of sp³-hybridized carbons (Fsp3) is 0.250. The van der Waals surface area contributed by atoms with Crippen molar-refractivity contribution in [3.63, 3.8) is 0 Å². The normalized spacial score (nSPS) is 10.7. The van der Waals surface area contributed by atoms with E-state index in [1.54, 1.807) is 12.1 Å². The van der Waals surface area contributed by atoms with Crippen molar-refractivity contribution in [2.75, 3.05) is 0 Å². The number of benzene rings is 1. The molecule has 1 aromatic carbocycles. The Bertz CT molecular complexity index is 352. The molecule has 12 heavy (non-hydrogen) atoms. The van der Waals surface area contributed by atoms with Gasteiger partial charge in [-0.05, 0) is 59.7 Å². The van der Waals surface area contributed by atoms with E-state index in [0.717, 1.165) is 14.7 Å². The first-order chi connectivity index (χ1) is 5.52. The zero-order valence-corrected chi connectivity index (χ0v) is 9.85. The lowest BCUT2D eigenvalue weighted by molar-refractivity contribution is 0.614. The molecule has 0 radical (unpaired) electrons. The second kappa shape index (κ2) is 3.74. The van der Waals surface area contributed by atoms with Gasteiger partial charge in [0, 0.05) is 3.57 Å². The third-order valence-corrected chi connectivity index (χ3v) is 4.01. The van der Waals surface area contributed by atoms with Gasteiger partial charge in [0.25, 0.3) is 0 Å². The SMILES string of the molecule is Cc1cc([SH](=O)=O)cc(C)c1I. The number of hydrogen-bond acceptors (Lipinski definition) is 2. The Kier molecular flexibility index (Phi) is 3.11. The third kappa shape index (κ3) is 1.98. The average Bonchev–Trinajstić information content (AvgIpc) is 1.99. The number of aryl methyl sites for hydroxylation is 2. The Morgan fingerprint density at radius 2 is 1.58 bits per heavy atom. The number of halogens is 1. The molecular weight excluding hydrogens is 287 g/mol. The molecule has 0 atom stereocenters. The summed E-state index contributed by atoms with van der Waals surface area (Å²) < 4.78 is 22.4. The van der Waals surface area contributed by atoms with E-state index in [9.17, 15) is 8.42 Å². The minimum atomic E-state index is -2.44. The van der Waals surface area contributed by atoms with Crippen LogP contribution in [0.4, 0.5) is 0 Å². The predicted octanol–water partition coefficient (Wildman–Crippen LogP) is 1.88. The van der Waals surface area contributed by atoms with E-state index in [2.05, 4.69) is 22.6 Å². The minimum absolute atomic E-state index is 0.403. The maximum absolute atomic E-state index is 10.7. The van der Waals surface area contributed by atoms with Gasteiger partial charge in [-0.1, -0.05) is 0 Å². The molecule has 0 aliphatic heterocycles. The first kappa shape index (κ1) is 9.98. The van der Waals surface area contributed by atoms with Gasteiger partial charge in [-0.15, -0.1) is 0 Å². The molecular formula is C8H9IO2S. The maximum Gasteiger partial charge on any atom is 0.168 e. The van der Waals surface area contributed by atoms with E-state index >= 15 is 0 Å². The molecule has 2 nitrogen and oxygen atoms in total. The predicted molar refractivity (Wildman–Crippen MR) is 57.2 cm³/mol. The van der Waals surface area contributed by atoms with Crippen LogP contribution in [0.5, 0.6) is 0 Å². The topological polar surface area (TPSA) is 34.1 Å². The summed E-state index contributed by atoms with van der Waals surface area (Å²) in [6, 6.07) is 3.39. The van der Waals surface area contributed by atoms with E-state index in [0.29, 0.717) is 4.90 Å². The van der Waals surface area contributed by atoms with Crippen LogP contribution in [-0.2, 0) is 10.7 Å². The van der Waals surface area contributed by atoms with Crippen molar-refractivity contribution < 1.29 is 8.42 Å². The highest BCUT2D eigenvalue weighted by atomic mass is 127. The molecule has 0 N–H and O–H groups in total. The zero-order chi connectivity index (χ0) is 9.30. The van der Waals surface area contributed by atoms with Gasteiger partial charge in [0.2, 0.25) is 0 Å². The van der Waals surface area contributed by atoms with Crippen LogP contribution in [0.2, 0.25) is 0 Å². The van der Waals surface area contributed by atoms with Gasteiger partial charge in [0.15, 0.2) is 10.7 Å². The first-order valence-corrected chi connectivity index (χ1v) is 5.69. The van der Waals surface area contributed by atoms with Crippen molar-refractivity contribution in [3.8, 4) is 0 Å². The fourth-order valence-corrected chi connectivity index (χ4v) is 1.94. The van der Waals surface area contributed by atoms with Crippen LogP contribution in [0.1, 0.15) is 11.1 Å². The fourth-order valence-electron chi connectivity index (χ4n) is 1.03. The second-order valence-electron chi connectivity index (χ2n) is 2.65. The highest BCUT2D eigenvalue weighted by Crippen LogP contribution is 2.18. The van der Waals surface area contributed by atoms with Crippen molar-refractivity contribution in [2.45, 2.75) is 18.7 Å². The average molecular weight is 296 g/mol. The summed E-state index contributed by atoms with van der Waals surface area (Å²) in [5.41, 5.74) is 2.04. The molecule has 0 amide bonds. The molecule has 0 fully saturated rings. The van der Waals surface area contributed by atoms with Gasteiger partial charge in [-0.25, -0.2) is 8.42 Å². The van der Waals surface area contributed by atoms with Gasteiger partial charge in [0.05, 0.1) is 4.90 Å². The highest BCUT2D eigenvalue weighted by molar-refractivity contribution is 14.1. The largest absolute Gasteiger partial charge is 0.227 e. The van der Waals surface area contributed by atoms with E-state index < -0.39 is 10.7 Å². The summed E-state index contributed by atoms with van der Waals surface area (Å²) in [4.78, 5) is 0.403. The molecule has 0 aliphatic rings. The highest BCUT2D eigenvalue weighted by Gasteiger charge is 2.02. The van der Waals surface area contributed by atoms with E-state index in [1.807, 2.05) is 13.8 Å². The van der Waals surface area contributed by atoms with Gasteiger partial charge in [-0.2, -0.15) is 0 Å². The first-order valence-electron chi connectivity index (χ1n) is 3.43. The van der Waals surface area contributed by atoms with Crippen molar-refractivity contribution in [1.82, 2.24) is 0 Å². The van der Waals surface area contributed by atoms with Crippen LogP contribution in [0.3, 0.4) is 0 Å². The molecule has 0 saturated heterocycles. The van der Waals surface area contributed by atoms with Gasteiger partial charge in [-0.3, -0.25) is 0 Å². The van der Waals surface area contributed by atoms with Crippen molar-refractivity contribution in [2.24, 2.45) is 0 Å². The molecule has 0 heterocycles. The number of rotatable bonds is 1. The van der Waals surface area contributed by atoms with Gasteiger partial charge < -0.3 is 0 Å². The summed E-state index contributed by atoms with van der Waals surface area (Å²) >= 11 is 2.21. The van der Waals surface area contributed by atoms with Crippen molar-refractivity contribution >= 4 is 33.3 Å². The lowest BCUT2D eigenvalue weighted by Crippen LogP contribution is -1.89. The Hall–Kier alpha value is -0.100. The molecule has 0 unspecified atom stereocenters. The van der Waals surface area contributed by atoms with Crippen LogP contribution in [-0.4, -0.2) is 8.42 Å². The van der Waals surface area contributed by atoms with Gasteiger partial charge in [0.1, 0.15) is 0 Å².